The molecule has 1 aromatic rings. The highest BCUT2D eigenvalue weighted by atomic mass is 31.1. The summed E-state index contributed by atoms with van der Waals surface area (Å²) in [5.74, 6) is 0.958. The van der Waals surface area contributed by atoms with E-state index < -0.39 is 13.3 Å². The van der Waals surface area contributed by atoms with Crippen molar-refractivity contribution in [2.24, 2.45) is 5.41 Å². The van der Waals surface area contributed by atoms with Crippen molar-refractivity contribution >= 4 is 13.3 Å². The third-order valence-corrected chi connectivity index (χ3v) is 5.47. The lowest BCUT2D eigenvalue weighted by atomic mass is 9.82. The first-order valence-corrected chi connectivity index (χ1v) is 8.67. The van der Waals surface area contributed by atoms with E-state index in [0.717, 1.165) is 12.0 Å². The van der Waals surface area contributed by atoms with Crippen molar-refractivity contribution in [2.75, 3.05) is 14.2 Å². The Kier molecular flexibility index (Phi) is 5.06. The Morgan fingerprint density at radius 3 is 2.48 bits per heavy atom. The van der Waals surface area contributed by atoms with Crippen LogP contribution >= 0.6 is 7.80 Å². The normalized spacial score (nSPS) is 17.0. The van der Waals surface area contributed by atoms with Crippen LogP contribution in [0.25, 0.3) is 0 Å². The Balaban J connectivity index is 2.35. The summed E-state index contributed by atoms with van der Waals surface area (Å²) in [5, 5.41) is 0.627. The lowest BCUT2D eigenvalue weighted by Gasteiger charge is -2.23. The number of hydrogen-bond donors (Lipinski definition) is 0. The SMILES string of the molecule is COc1ccc(C(=O)[P+](=O)C2=C(C)CC(C)(C)C=C2)c(OC)c1. The second-order valence-corrected chi connectivity index (χ2v) is 7.81. The van der Waals surface area contributed by atoms with Crippen LogP contribution in [0.5, 0.6) is 11.5 Å². The lowest BCUT2D eigenvalue weighted by Crippen LogP contribution is -2.12. The van der Waals surface area contributed by atoms with E-state index in [1.807, 2.05) is 19.1 Å². The minimum atomic E-state index is -2.17. The molecule has 122 valence electrons. The van der Waals surface area contributed by atoms with E-state index in [1.54, 1.807) is 25.3 Å². The van der Waals surface area contributed by atoms with Gasteiger partial charge < -0.3 is 9.47 Å². The molecule has 0 aromatic heterocycles. The molecule has 2 rings (SSSR count). The number of carbonyl (C=O) groups is 1. The second-order valence-electron chi connectivity index (χ2n) is 6.33. The molecule has 1 aliphatic rings. The molecule has 1 atom stereocenters. The minimum Gasteiger partial charge on any atom is -0.497 e. The predicted octanol–water partition coefficient (Wildman–Crippen LogP) is 4.93. The van der Waals surface area contributed by atoms with Crippen molar-refractivity contribution in [1.82, 2.24) is 0 Å². The molecule has 23 heavy (non-hydrogen) atoms. The third kappa shape index (κ3) is 3.70. The zero-order valence-corrected chi connectivity index (χ0v) is 15.1. The molecule has 0 radical (unpaired) electrons. The maximum atomic E-state index is 12.7. The van der Waals surface area contributed by atoms with E-state index in [9.17, 15) is 9.36 Å². The van der Waals surface area contributed by atoms with Crippen LogP contribution in [0, 0.1) is 5.41 Å². The van der Waals surface area contributed by atoms with Gasteiger partial charge >= 0.3 is 13.3 Å². The van der Waals surface area contributed by atoms with Gasteiger partial charge in [-0.1, -0.05) is 24.5 Å². The van der Waals surface area contributed by atoms with Crippen LogP contribution in [-0.4, -0.2) is 19.7 Å². The summed E-state index contributed by atoms with van der Waals surface area (Å²) in [5.41, 5.74) is 0.926. The van der Waals surface area contributed by atoms with Crippen molar-refractivity contribution in [3.63, 3.8) is 0 Å². The fourth-order valence-electron chi connectivity index (χ4n) is 2.71. The summed E-state index contributed by atoms with van der Waals surface area (Å²) >= 11 is 0. The topological polar surface area (TPSA) is 52.6 Å². The number of ether oxygens (including phenoxy) is 2. The van der Waals surface area contributed by atoms with E-state index >= 15 is 0 Å². The van der Waals surface area contributed by atoms with E-state index in [4.69, 9.17) is 9.47 Å². The molecule has 0 saturated carbocycles. The summed E-state index contributed by atoms with van der Waals surface area (Å²) in [6.07, 6.45) is 4.64. The Bertz CT molecular complexity index is 714. The predicted molar refractivity (Wildman–Crippen MR) is 91.7 cm³/mol. The average molecular weight is 333 g/mol. The van der Waals surface area contributed by atoms with E-state index in [-0.39, 0.29) is 5.41 Å². The molecule has 0 N–H and O–H groups in total. The van der Waals surface area contributed by atoms with Crippen molar-refractivity contribution in [3.05, 3.63) is 46.8 Å². The summed E-state index contributed by atoms with van der Waals surface area (Å²) in [6.45, 7) is 6.17. The summed E-state index contributed by atoms with van der Waals surface area (Å²) in [4.78, 5) is 12.7. The van der Waals surface area contributed by atoms with Gasteiger partial charge in [-0.2, -0.15) is 0 Å². The lowest BCUT2D eigenvalue weighted by molar-refractivity contribution is 0.107. The van der Waals surface area contributed by atoms with E-state index in [2.05, 4.69) is 13.8 Å². The molecular formula is C18H22O4P+. The monoisotopic (exact) mass is 333 g/mol. The molecule has 0 fully saturated rings. The number of benzene rings is 1. The van der Waals surface area contributed by atoms with Gasteiger partial charge in [0.2, 0.25) is 0 Å². The molecule has 1 aliphatic carbocycles. The first-order chi connectivity index (χ1) is 10.8. The summed E-state index contributed by atoms with van der Waals surface area (Å²) in [6, 6.07) is 4.89. The van der Waals surface area contributed by atoms with Crippen LogP contribution in [0.3, 0.4) is 0 Å². The van der Waals surface area contributed by atoms with Gasteiger partial charge in [-0.15, -0.1) is 0 Å². The summed E-state index contributed by atoms with van der Waals surface area (Å²) < 4.78 is 23.1. The van der Waals surface area contributed by atoms with Crippen LogP contribution in [0.4, 0.5) is 0 Å². The van der Waals surface area contributed by atoms with Crippen LogP contribution in [-0.2, 0) is 4.57 Å². The fraction of sp³-hybridized carbons (Fsp3) is 0.389. The quantitative estimate of drug-likeness (QED) is 0.717. The standard InChI is InChI=1S/C18H22O4P/c1-12-11-18(2,3)9-8-16(12)23(20)17(19)14-7-6-13(21-4)10-15(14)22-5/h6-10H,11H2,1-5H3/q+1. The molecule has 0 aliphatic heterocycles. The first-order valence-electron chi connectivity index (χ1n) is 7.41. The highest BCUT2D eigenvalue weighted by molar-refractivity contribution is 7.68. The third-order valence-electron chi connectivity index (χ3n) is 3.89. The molecule has 0 amide bonds. The first kappa shape index (κ1) is 17.4. The largest absolute Gasteiger partial charge is 0.497 e. The Labute approximate surface area is 138 Å². The number of hydrogen-bond acceptors (Lipinski definition) is 4. The molecule has 0 saturated heterocycles. The van der Waals surface area contributed by atoms with Crippen LogP contribution in [0.2, 0.25) is 0 Å². The average Bonchev–Trinajstić information content (AvgIpc) is 2.52. The number of allylic oxidation sites excluding steroid dienone is 4. The fourth-order valence-corrected chi connectivity index (χ4v) is 3.97. The molecular weight excluding hydrogens is 311 g/mol. The molecule has 0 heterocycles. The maximum absolute atomic E-state index is 12.7. The maximum Gasteiger partial charge on any atom is 0.458 e. The molecule has 0 spiro atoms. The van der Waals surface area contributed by atoms with E-state index in [0.29, 0.717) is 22.4 Å². The van der Waals surface area contributed by atoms with E-state index in [1.165, 1.54) is 7.11 Å². The Morgan fingerprint density at radius 2 is 1.91 bits per heavy atom. The van der Waals surface area contributed by atoms with Gasteiger partial charge in [0.15, 0.2) is 5.31 Å². The molecule has 0 bridgehead atoms. The molecule has 1 unspecified atom stereocenters. The van der Waals surface area contributed by atoms with Gasteiger partial charge in [0.1, 0.15) is 17.1 Å². The zero-order chi connectivity index (χ0) is 17.2. The van der Waals surface area contributed by atoms with Gasteiger partial charge in [-0.05, 0) is 42.5 Å². The summed E-state index contributed by atoms with van der Waals surface area (Å²) in [7, 11) is 0.850. The zero-order valence-electron chi connectivity index (χ0n) is 14.2. The van der Waals surface area contributed by atoms with Gasteiger partial charge in [0, 0.05) is 6.07 Å². The van der Waals surface area contributed by atoms with Crippen LogP contribution < -0.4 is 9.47 Å². The number of methoxy groups -OCH3 is 2. The molecule has 5 heteroatoms. The van der Waals surface area contributed by atoms with Crippen molar-refractivity contribution in [3.8, 4) is 11.5 Å². The highest BCUT2D eigenvalue weighted by Gasteiger charge is 2.39. The number of carbonyl (C=O) groups excluding carboxylic acids is 1. The number of rotatable bonds is 5. The van der Waals surface area contributed by atoms with Crippen molar-refractivity contribution in [2.45, 2.75) is 27.2 Å². The Morgan fingerprint density at radius 1 is 1.22 bits per heavy atom. The molecule has 1 aromatic carbocycles. The van der Waals surface area contributed by atoms with Gasteiger partial charge in [-0.25, -0.2) is 4.79 Å². The minimum absolute atomic E-state index is 0.0323. The van der Waals surface area contributed by atoms with Crippen LogP contribution in [0.15, 0.2) is 41.2 Å². The Hall–Kier alpha value is -1.93. The van der Waals surface area contributed by atoms with Gasteiger partial charge in [0.05, 0.1) is 14.2 Å². The van der Waals surface area contributed by atoms with Crippen molar-refractivity contribution < 1.29 is 18.8 Å². The van der Waals surface area contributed by atoms with Gasteiger partial charge in [0.25, 0.3) is 0 Å². The van der Waals surface area contributed by atoms with Crippen molar-refractivity contribution in [1.29, 1.82) is 0 Å². The second kappa shape index (κ2) is 6.67. The van der Waals surface area contributed by atoms with Crippen LogP contribution in [0.1, 0.15) is 37.6 Å². The molecule has 4 nitrogen and oxygen atoms in total. The van der Waals surface area contributed by atoms with Gasteiger partial charge in [-0.3, -0.25) is 0 Å². The highest BCUT2D eigenvalue weighted by Crippen LogP contribution is 2.46. The smallest absolute Gasteiger partial charge is 0.458 e.